The normalized spacial score (nSPS) is 15.3. The number of sulfonamides is 1. The molecule has 0 spiro atoms. The second-order valence-corrected chi connectivity index (χ2v) is 6.81. The third-order valence-electron chi connectivity index (χ3n) is 2.98. The molecule has 0 saturated heterocycles. The Bertz CT molecular complexity index is 753. The van der Waals surface area contributed by atoms with Gasteiger partial charge in [-0.25, -0.2) is 13.2 Å². The summed E-state index contributed by atoms with van der Waals surface area (Å²) in [4.78, 5) is 24.1. The van der Waals surface area contributed by atoms with E-state index >= 15 is 0 Å². The lowest BCUT2D eigenvalue weighted by Crippen LogP contribution is -2.27. The Morgan fingerprint density at radius 2 is 1.88 bits per heavy atom. The van der Waals surface area contributed by atoms with Gasteiger partial charge in [-0.15, -0.1) is 0 Å². The molecule has 0 radical (unpaired) electrons. The summed E-state index contributed by atoms with van der Waals surface area (Å²) in [6.45, 7) is 2.02. The number of benzene rings is 1. The van der Waals surface area contributed by atoms with Crippen molar-refractivity contribution in [1.29, 1.82) is 0 Å². The lowest BCUT2D eigenvalue weighted by Gasteiger charge is -2.17. The van der Waals surface area contributed by atoms with E-state index < -0.39 is 27.9 Å². The molecule has 0 unspecified atom stereocenters. The highest BCUT2D eigenvalue weighted by atomic mass is 32.2. The van der Waals surface area contributed by atoms with Crippen LogP contribution in [0.25, 0.3) is 0 Å². The molecule has 1 heterocycles. The topological polar surface area (TPSA) is 108 Å². The highest BCUT2D eigenvalue weighted by Crippen LogP contribution is 2.15. The van der Waals surface area contributed by atoms with Crippen molar-refractivity contribution in [1.82, 2.24) is 0 Å². The average Bonchev–Trinajstić information content (AvgIpc) is 2.54. The van der Waals surface area contributed by atoms with Gasteiger partial charge < -0.3 is 14.2 Å². The molecule has 1 aromatic rings. The minimum absolute atomic E-state index is 0.0893. The fourth-order valence-electron chi connectivity index (χ4n) is 1.90. The summed E-state index contributed by atoms with van der Waals surface area (Å²) < 4.78 is 39.6. The van der Waals surface area contributed by atoms with E-state index in [1.54, 1.807) is 0 Å². The molecule has 0 amide bonds. The van der Waals surface area contributed by atoms with Gasteiger partial charge in [0, 0.05) is 11.3 Å². The van der Waals surface area contributed by atoms with Crippen LogP contribution < -0.4 is 4.72 Å². The number of Topliss-reactive ketones (excluding diaryl/α,β-unsaturated/α-hetero) is 1. The van der Waals surface area contributed by atoms with Gasteiger partial charge >= 0.3 is 5.97 Å². The number of hydrogen-bond acceptors (Lipinski definition) is 7. The van der Waals surface area contributed by atoms with Crippen molar-refractivity contribution in [3.63, 3.8) is 0 Å². The number of hydrogen-bond donors (Lipinski definition) is 1. The molecule has 1 N–H and O–H groups in total. The number of carbonyl (C=O) groups excluding carboxylic acids is 2. The van der Waals surface area contributed by atoms with Crippen molar-refractivity contribution in [3.05, 3.63) is 41.9 Å². The summed E-state index contributed by atoms with van der Waals surface area (Å²) in [5, 5.41) is 0. The molecule has 1 aromatic carbocycles. The number of esters is 1. The van der Waals surface area contributed by atoms with Crippen LogP contribution in [0.4, 0.5) is 5.69 Å². The van der Waals surface area contributed by atoms with Crippen molar-refractivity contribution in [2.24, 2.45) is 0 Å². The zero-order valence-corrected chi connectivity index (χ0v) is 14.0. The van der Waals surface area contributed by atoms with Gasteiger partial charge in [0.05, 0.1) is 6.26 Å². The maximum Gasteiger partial charge on any atom is 0.377 e. The zero-order valence-electron chi connectivity index (χ0n) is 13.1. The lowest BCUT2D eigenvalue weighted by molar-refractivity contribution is -0.147. The molecule has 2 rings (SSSR count). The van der Waals surface area contributed by atoms with Crippen LogP contribution in [0.3, 0.4) is 0 Å². The van der Waals surface area contributed by atoms with Crippen molar-refractivity contribution < 1.29 is 32.2 Å². The summed E-state index contributed by atoms with van der Waals surface area (Å²) in [5.74, 6) is -1.30. The summed E-state index contributed by atoms with van der Waals surface area (Å²) in [5.41, 5.74) is 0.612. The van der Waals surface area contributed by atoms with E-state index in [1.807, 2.05) is 0 Å². The summed E-state index contributed by atoms with van der Waals surface area (Å²) in [6.07, 6.45) is 1.14. The van der Waals surface area contributed by atoms with E-state index in [0.29, 0.717) is 12.3 Å². The van der Waals surface area contributed by atoms with E-state index in [0.717, 1.165) is 12.5 Å². The van der Waals surface area contributed by atoms with Gasteiger partial charge in [0.25, 0.3) is 0 Å². The third-order valence-corrected chi connectivity index (χ3v) is 3.58. The van der Waals surface area contributed by atoms with Crippen LogP contribution in [-0.4, -0.2) is 45.7 Å². The predicted octanol–water partition coefficient (Wildman–Crippen LogP) is 1.06. The number of carbonyl (C=O) groups is 2. The van der Waals surface area contributed by atoms with Crippen LogP contribution in [0, 0.1) is 0 Å². The molecule has 0 aromatic heterocycles. The first kappa shape index (κ1) is 17.8. The van der Waals surface area contributed by atoms with Crippen molar-refractivity contribution >= 4 is 27.5 Å². The lowest BCUT2D eigenvalue weighted by atomic mass is 10.1. The Morgan fingerprint density at radius 3 is 2.42 bits per heavy atom. The van der Waals surface area contributed by atoms with Gasteiger partial charge in [0.15, 0.2) is 6.10 Å². The molecular formula is C15H17NO7S. The van der Waals surface area contributed by atoms with E-state index in [1.165, 1.54) is 31.2 Å². The number of rotatable bonds is 6. The first-order chi connectivity index (χ1) is 11.3. The highest BCUT2D eigenvalue weighted by molar-refractivity contribution is 7.92. The molecule has 9 heteroatoms. The summed E-state index contributed by atoms with van der Waals surface area (Å²) >= 11 is 0. The van der Waals surface area contributed by atoms with Crippen LogP contribution in [0.2, 0.25) is 0 Å². The van der Waals surface area contributed by atoms with Crippen LogP contribution in [0.1, 0.15) is 17.3 Å². The Kier molecular flexibility index (Phi) is 5.45. The van der Waals surface area contributed by atoms with Gasteiger partial charge in [-0.3, -0.25) is 9.52 Å². The molecule has 0 bridgehead atoms. The van der Waals surface area contributed by atoms with Crippen molar-refractivity contribution in [3.8, 4) is 0 Å². The molecule has 1 aliphatic rings. The monoisotopic (exact) mass is 355 g/mol. The maximum absolute atomic E-state index is 12.3. The number of ketones is 1. The number of ether oxygens (including phenoxy) is 3. The molecule has 24 heavy (non-hydrogen) atoms. The smallest absolute Gasteiger partial charge is 0.377 e. The highest BCUT2D eigenvalue weighted by Gasteiger charge is 2.24. The summed E-state index contributed by atoms with van der Waals surface area (Å²) in [6, 6.07) is 5.78. The van der Waals surface area contributed by atoms with Gasteiger partial charge in [-0.1, -0.05) is 0 Å². The molecular weight excluding hydrogens is 338 g/mol. The minimum atomic E-state index is -3.39. The van der Waals surface area contributed by atoms with Crippen LogP contribution in [0.15, 0.2) is 36.3 Å². The molecule has 0 aliphatic carbocycles. The third kappa shape index (κ3) is 4.98. The Hall–Kier alpha value is -2.55. The summed E-state index contributed by atoms with van der Waals surface area (Å²) in [7, 11) is -3.39. The second-order valence-electron chi connectivity index (χ2n) is 5.06. The van der Waals surface area contributed by atoms with Gasteiger partial charge in [-0.2, -0.15) is 0 Å². The fourth-order valence-corrected chi connectivity index (χ4v) is 2.46. The first-order valence-corrected chi connectivity index (χ1v) is 8.93. The molecule has 1 aliphatic heterocycles. The fraction of sp³-hybridized carbons (Fsp3) is 0.333. The standard InChI is InChI=1S/C15H17NO7S/c1-10(23-15(18)13-9-21-7-8-22-13)14(17)11-3-5-12(6-4-11)16-24(2,19)20/h3-6,9-10,16H,7-8H2,1-2H3/t10-/m0/s1. The molecule has 8 nitrogen and oxygen atoms in total. The van der Waals surface area contributed by atoms with Crippen LogP contribution in [-0.2, 0) is 29.0 Å². The van der Waals surface area contributed by atoms with E-state index in [9.17, 15) is 18.0 Å². The minimum Gasteiger partial charge on any atom is -0.493 e. The van der Waals surface area contributed by atoms with Gasteiger partial charge in [-0.05, 0) is 31.2 Å². The zero-order chi connectivity index (χ0) is 17.7. The van der Waals surface area contributed by atoms with E-state index in [2.05, 4.69) is 4.72 Å². The SMILES string of the molecule is C[C@H](OC(=O)C1=COCCO1)C(=O)c1ccc(NS(C)(=O)=O)cc1. The maximum atomic E-state index is 12.3. The molecule has 130 valence electrons. The van der Waals surface area contributed by atoms with Gasteiger partial charge in [0.2, 0.25) is 21.6 Å². The van der Waals surface area contributed by atoms with Gasteiger partial charge in [0.1, 0.15) is 19.5 Å². The molecule has 0 saturated carbocycles. The van der Waals surface area contributed by atoms with E-state index in [-0.39, 0.29) is 17.9 Å². The molecule has 0 fully saturated rings. The Morgan fingerprint density at radius 1 is 1.21 bits per heavy atom. The largest absolute Gasteiger partial charge is 0.493 e. The van der Waals surface area contributed by atoms with E-state index in [4.69, 9.17) is 14.2 Å². The predicted molar refractivity (Wildman–Crippen MR) is 84.8 cm³/mol. The van der Waals surface area contributed by atoms with Crippen molar-refractivity contribution in [2.75, 3.05) is 24.2 Å². The quantitative estimate of drug-likeness (QED) is 0.600. The van der Waals surface area contributed by atoms with Crippen molar-refractivity contribution in [2.45, 2.75) is 13.0 Å². The average molecular weight is 355 g/mol. The number of anilines is 1. The van der Waals surface area contributed by atoms with Crippen LogP contribution in [0.5, 0.6) is 0 Å². The Labute approximate surface area is 139 Å². The first-order valence-electron chi connectivity index (χ1n) is 7.04. The number of nitrogens with one attached hydrogen (secondary N) is 1. The van der Waals surface area contributed by atoms with Crippen LogP contribution >= 0.6 is 0 Å². The second kappa shape index (κ2) is 7.35. The molecule has 1 atom stereocenters. The Balaban J connectivity index is 1.99.